The number of benzene rings is 2. The molecule has 4 N–H and O–H groups in total. The first-order chi connectivity index (χ1) is 15.2. The van der Waals surface area contributed by atoms with Crippen LogP contribution in [0.1, 0.15) is 43.0 Å². The first-order valence-electron chi connectivity index (χ1n) is 11.2. The van der Waals surface area contributed by atoms with Gasteiger partial charge in [0.1, 0.15) is 11.6 Å². The molecule has 0 radical (unpaired) electrons. The van der Waals surface area contributed by atoms with Crippen LogP contribution in [0.25, 0.3) is 0 Å². The molecule has 2 aromatic rings. The van der Waals surface area contributed by atoms with E-state index in [2.05, 4.69) is 41.9 Å². The second-order valence-electron chi connectivity index (χ2n) is 9.05. The van der Waals surface area contributed by atoms with Gasteiger partial charge in [-0.15, -0.1) is 0 Å². The molecular formula is C25H33F2N3O2. The maximum absolute atomic E-state index is 13.5. The van der Waals surface area contributed by atoms with Crippen molar-refractivity contribution >= 4 is 11.6 Å². The van der Waals surface area contributed by atoms with Crippen LogP contribution in [0.15, 0.2) is 30.3 Å². The van der Waals surface area contributed by atoms with Crippen LogP contribution < -0.4 is 16.0 Å². The van der Waals surface area contributed by atoms with Crippen molar-refractivity contribution in [2.75, 3.05) is 18.4 Å². The third-order valence-electron chi connectivity index (χ3n) is 5.60. The number of hydrogen-bond acceptors (Lipinski definition) is 4. The molecule has 2 atom stereocenters. The smallest absolute Gasteiger partial charge is 0.217 e. The molecule has 0 fully saturated rings. The number of carbonyl (C=O) groups is 1. The third kappa shape index (κ3) is 6.74. The predicted molar refractivity (Wildman–Crippen MR) is 123 cm³/mol. The second-order valence-corrected chi connectivity index (χ2v) is 9.05. The Bertz CT molecular complexity index is 929. The van der Waals surface area contributed by atoms with E-state index >= 15 is 0 Å². The summed E-state index contributed by atoms with van der Waals surface area (Å²) >= 11 is 0. The Morgan fingerprint density at radius 1 is 1.09 bits per heavy atom. The van der Waals surface area contributed by atoms with Crippen molar-refractivity contribution in [1.82, 2.24) is 10.6 Å². The molecule has 174 valence electrons. The summed E-state index contributed by atoms with van der Waals surface area (Å²) in [6, 6.07) is 7.04. The summed E-state index contributed by atoms with van der Waals surface area (Å²) in [5.74, 6) is -1.11. The van der Waals surface area contributed by atoms with Gasteiger partial charge >= 0.3 is 0 Å². The number of amides is 1. The van der Waals surface area contributed by atoms with E-state index in [1.807, 2.05) is 0 Å². The summed E-state index contributed by atoms with van der Waals surface area (Å²) in [4.78, 5) is 11.6. The predicted octanol–water partition coefficient (Wildman–Crippen LogP) is 3.33. The zero-order chi connectivity index (χ0) is 23.3. The Balaban J connectivity index is 1.65. The monoisotopic (exact) mass is 445 g/mol. The van der Waals surface area contributed by atoms with E-state index in [4.69, 9.17) is 0 Å². The summed E-state index contributed by atoms with van der Waals surface area (Å²) in [5.41, 5.74) is 5.33. The van der Waals surface area contributed by atoms with Crippen LogP contribution in [0.5, 0.6) is 0 Å². The Kier molecular flexibility index (Phi) is 8.21. The highest BCUT2D eigenvalue weighted by Crippen LogP contribution is 2.29. The minimum Gasteiger partial charge on any atom is -0.390 e. The topological polar surface area (TPSA) is 73.4 Å². The van der Waals surface area contributed by atoms with Gasteiger partial charge in [0.25, 0.3) is 0 Å². The van der Waals surface area contributed by atoms with Gasteiger partial charge in [-0.05, 0) is 59.6 Å². The van der Waals surface area contributed by atoms with E-state index in [1.165, 1.54) is 30.2 Å². The highest BCUT2D eigenvalue weighted by atomic mass is 19.1. The van der Waals surface area contributed by atoms with Crippen molar-refractivity contribution in [3.8, 4) is 0 Å². The van der Waals surface area contributed by atoms with Gasteiger partial charge in [-0.25, -0.2) is 8.78 Å². The van der Waals surface area contributed by atoms with E-state index in [1.54, 1.807) is 0 Å². The summed E-state index contributed by atoms with van der Waals surface area (Å²) in [5, 5.41) is 20.2. The van der Waals surface area contributed by atoms with Crippen molar-refractivity contribution in [3.05, 3.63) is 64.2 Å². The maximum Gasteiger partial charge on any atom is 0.217 e. The second kappa shape index (κ2) is 10.9. The number of aliphatic hydroxyl groups excluding tert-OH is 1. The fourth-order valence-corrected chi connectivity index (χ4v) is 4.34. The molecule has 5 nitrogen and oxygen atoms in total. The van der Waals surface area contributed by atoms with Crippen molar-refractivity contribution in [1.29, 1.82) is 0 Å². The number of rotatable bonds is 10. The van der Waals surface area contributed by atoms with Crippen LogP contribution >= 0.6 is 0 Å². The standard InChI is InChI=1S/C25H33F2N3O2/c1-15(2)6-17-7-19-4-5-29-25(19)20(8-17)13-28-14-24(32)23(30-16(3)31)11-18-9-21(26)12-22(27)10-18/h7-10,12,15,23-24,28-29,32H,4-6,11,13-14H2,1-3H3,(H,30,31)/t23-,24+/m0/s1. The van der Waals surface area contributed by atoms with Crippen molar-refractivity contribution in [2.24, 2.45) is 5.92 Å². The lowest BCUT2D eigenvalue weighted by Gasteiger charge is -2.24. The van der Waals surface area contributed by atoms with Gasteiger partial charge in [-0.2, -0.15) is 0 Å². The lowest BCUT2D eigenvalue weighted by Crippen LogP contribution is -2.48. The molecule has 1 heterocycles. The van der Waals surface area contributed by atoms with Crippen molar-refractivity contribution in [3.63, 3.8) is 0 Å². The minimum absolute atomic E-state index is 0.123. The van der Waals surface area contributed by atoms with Gasteiger partial charge in [-0.3, -0.25) is 4.79 Å². The molecule has 0 saturated heterocycles. The van der Waals surface area contributed by atoms with E-state index in [0.29, 0.717) is 18.0 Å². The SMILES string of the molecule is CC(=O)N[C@@H](Cc1cc(F)cc(F)c1)[C@H](O)CNCc1cc(CC(C)C)cc2c1NCC2. The summed E-state index contributed by atoms with van der Waals surface area (Å²) in [6.07, 6.45) is 1.21. The number of nitrogens with one attached hydrogen (secondary N) is 3. The number of fused-ring (bicyclic) bond motifs is 1. The first kappa shape index (κ1) is 24.1. The molecule has 1 amide bonds. The molecule has 0 spiro atoms. The largest absolute Gasteiger partial charge is 0.390 e. The maximum atomic E-state index is 13.5. The fraction of sp³-hybridized carbons (Fsp3) is 0.480. The van der Waals surface area contributed by atoms with Crippen molar-refractivity contribution < 1.29 is 18.7 Å². The van der Waals surface area contributed by atoms with Gasteiger partial charge in [-0.1, -0.05) is 26.0 Å². The Morgan fingerprint density at radius 3 is 2.44 bits per heavy atom. The van der Waals surface area contributed by atoms with Gasteiger partial charge in [0.15, 0.2) is 0 Å². The van der Waals surface area contributed by atoms with Crippen LogP contribution in [-0.2, 0) is 30.6 Å². The van der Waals surface area contributed by atoms with Crippen LogP contribution in [0.4, 0.5) is 14.5 Å². The number of hydrogen-bond donors (Lipinski definition) is 4. The van der Waals surface area contributed by atoms with Crippen molar-refractivity contribution in [2.45, 2.75) is 58.7 Å². The number of aliphatic hydroxyl groups is 1. The highest BCUT2D eigenvalue weighted by Gasteiger charge is 2.22. The van der Waals surface area contributed by atoms with Crippen LogP contribution in [0.2, 0.25) is 0 Å². The highest BCUT2D eigenvalue weighted by molar-refractivity contribution is 5.73. The first-order valence-corrected chi connectivity index (χ1v) is 11.2. The average molecular weight is 446 g/mol. The van der Waals surface area contributed by atoms with Gasteiger partial charge in [0.2, 0.25) is 5.91 Å². The molecule has 1 aliphatic rings. The molecule has 0 aliphatic carbocycles. The summed E-state index contributed by atoms with van der Waals surface area (Å²) in [6.45, 7) is 7.48. The Hall–Kier alpha value is -2.51. The molecule has 7 heteroatoms. The molecule has 0 bridgehead atoms. The molecule has 0 aromatic heterocycles. The fourth-order valence-electron chi connectivity index (χ4n) is 4.34. The lowest BCUT2D eigenvalue weighted by atomic mass is 9.96. The van der Waals surface area contributed by atoms with Crippen LogP contribution in [0.3, 0.4) is 0 Å². The molecular weight excluding hydrogens is 412 g/mol. The molecule has 0 saturated carbocycles. The quantitative estimate of drug-likeness (QED) is 0.453. The zero-order valence-electron chi connectivity index (χ0n) is 19.0. The van der Waals surface area contributed by atoms with E-state index < -0.39 is 23.8 Å². The number of anilines is 1. The molecule has 0 unspecified atom stereocenters. The average Bonchev–Trinajstić information content (AvgIpc) is 3.14. The zero-order valence-corrected chi connectivity index (χ0v) is 19.0. The normalized spacial score (nSPS) is 14.7. The van der Waals surface area contributed by atoms with Crippen LogP contribution in [-0.4, -0.2) is 36.2 Å². The molecule has 3 rings (SSSR count). The number of carbonyl (C=O) groups excluding carboxylic acids is 1. The molecule has 1 aliphatic heterocycles. The Labute approximate surface area is 188 Å². The van der Waals surface area contributed by atoms with E-state index in [9.17, 15) is 18.7 Å². The molecule has 32 heavy (non-hydrogen) atoms. The van der Waals surface area contributed by atoms with Gasteiger partial charge < -0.3 is 21.1 Å². The Morgan fingerprint density at radius 2 is 1.78 bits per heavy atom. The number of halogens is 2. The minimum atomic E-state index is -0.926. The van der Waals surface area contributed by atoms with E-state index in [0.717, 1.165) is 36.7 Å². The summed E-state index contributed by atoms with van der Waals surface area (Å²) < 4.78 is 27.1. The lowest BCUT2D eigenvalue weighted by molar-refractivity contribution is -0.120. The van der Waals surface area contributed by atoms with Gasteiger partial charge in [0.05, 0.1) is 12.1 Å². The van der Waals surface area contributed by atoms with E-state index in [-0.39, 0.29) is 18.9 Å². The van der Waals surface area contributed by atoms with Crippen LogP contribution in [0, 0.1) is 17.6 Å². The molecule has 2 aromatic carbocycles. The van der Waals surface area contributed by atoms with Gasteiger partial charge in [0, 0.05) is 38.3 Å². The summed E-state index contributed by atoms with van der Waals surface area (Å²) in [7, 11) is 0. The third-order valence-corrected chi connectivity index (χ3v) is 5.60.